The Morgan fingerprint density at radius 2 is 0.435 bits per heavy atom. The molecule has 0 saturated heterocycles. The molecule has 0 aromatic rings. The molecule has 0 radical (unpaired) electrons. The number of hydrogen-bond donors (Lipinski definition) is 3. The zero-order valence-corrected chi connectivity index (χ0v) is 61.3. The molecule has 0 aliphatic rings. The van der Waals surface area contributed by atoms with Crippen LogP contribution in [-0.2, 0) is 65.4 Å². The number of aliphatic hydroxyl groups excluding tert-OH is 1. The van der Waals surface area contributed by atoms with Crippen molar-refractivity contribution < 1.29 is 80.2 Å². The van der Waals surface area contributed by atoms with Gasteiger partial charge in [-0.25, -0.2) is 9.13 Å². The first-order chi connectivity index (χ1) is 44.7. The summed E-state index contributed by atoms with van der Waals surface area (Å²) in [6, 6.07) is 0. The highest BCUT2D eigenvalue weighted by Crippen LogP contribution is 2.45. The summed E-state index contributed by atoms with van der Waals surface area (Å²) < 4.78 is 68.3. The largest absolute Gasteiger partial charge is 0.472 e. The quantitative estimate of drug-likeness (QED) is 0.0222. The van der Waals surface area contributed by atoms with Crippen LogP contribution in [0.15, 0.2) is 0 Å². The molecule has 92 heavy (non-hydrogen) atoms. The van der Waals surface area contributed by atoms with E-state index in [1.165, 1.54) is 212 Å². The molecule has 0 saturated carbocycles. The van der Waals surface area contributed by atoms with Crippen LogP contribution in [0, 0.1) is 0 Å². The third-order valence-corrected chi connectivity index (χ3v) is 19.0. The Bertz CT molecular complexity index is 1760. The second kappa shape index (κ2) is 67.6. The van der Waals surface area contributed by atoms with Crippen LogP contribution >= 0.6 is 15.6 Å². The van der Waals surface area contributed by atoms with Crippen molar-refractivity contribution in [1.29, 1.82) is 0 Å². The molecule has 2 unspecified atom stereocenters. The second-order valence-corrected chi connectivity index (χ2v) is 29.2. The molecular weight excluding hydrogens is 1210 g/mol. The van der Waals surface area contributed by atoms with Crippen molar-refractivity contribution >= 4 is 39.5 Å². The number of hydrogen-bond acceptors (Lipinski definition) is 15. The van der Waals surface area contributed by atoms with Crippen molar-refractivity contribution in [2.75, 3.05) is 39.6 Å². The van der Waals surface area contributed by atoms with Crippen molar-refractivity contribution in [2.45, 2.75) is 406 Å². The van der Waals surface area contributed by atoms with Crippen molar-refractivity contribution in [3.63, 3.8) is 0 Å². The van der Waals surface area contributed by atoms with Crippen molar-refractivity contribution in [1.82, 2.24) is 0 Å². The normalized spacial score (nSPS) is 13.9. The first kappa shape index (κ1) is 90.1. The highest BCUT2D eigenvalue weighted by Gasteiger charge is 2.30. The fourth-order valence-corrected chi connectivity index (χ4v) is 12.8. The van der Waals surface area contributed by atoms with E-state index >= 15 is 0 Å². The number of unbranched alkanes of at least 4 members (excludes halogenated alkanes) is 48. The molecule has 17 nitrogen and oxygen atoms in total. The van der Waals surface area contributed by atoms with Gasteiger partial charge < -0.3 is 33.8 Å². The molecule has 0 fully saturated rings. The lowest BCUT2D eigenvalue weighted by Crippen LogP contribution is -2.30. The fourth-order valence-electron chi connectivity index (χ4n) is 11.2. The summed E-state index contributed by atoms with van der Waals surface area (Å²) in [5, 5.41) is 10.6. The number of ether oxygens (including phenoxy) is 4. The summed E-state index contributed by atoms with van der Waals surface area (Å²) >= 11 is 0. The summed E-state index contributed by atoms with van der Waals surface area (Å²) in [4.78, 5) is 72.6. The molecule has 0 aromatic carbocycles. The van der Waals surface area contributed by atoms with Crippen LogP contribution in [0.1, 0.15) is 387 Å². The van der Waals surface area contributed by atoms with Crippen LogP contribution in [0.4, 0.5) is 0 Å². The summed E-state index contributed by atoms with van der Waals surface area (Å²) in [6.45, 7) is 4.94. The Hall–Kier alpha value is -1.94. The molecule has 0 amide bonds. The van der Waals surface area contributed by atoms with Crippen LogP contribution in [0.25, 0.3) is 0 Å². The molecule has 0 bridgehead atoms. The number of phosphoric acid groups is 2. The first-order valence-corrected chi connectivity index (χ1v) is 41.3. The number of esters is 4. The maximum atomic E-state index is 13.0. The predicted molar refractivity (Wildman–Crippen MR) is 372 cm³/mol. The highest BCUT2D eigenvalue weighted by molar-refractivity contribution is 7.47. The Balaban J connectivity index is 5.17. The van der Waals surface area contributed by atoms with Gasteiger partial charge in [-0.05, 0) is 25.7 Å². The third kappa shape index (κ3) is 66.7. The molecule has 19 heteroatoms. The molecule has 0 aliphatic carbocycles. The van der Waals surface area contributed by atoms with E-state index in [1.54, 1.807) is 0 Å². The second-order valence-electron chi connectivity index (χ2n) is 26.3. The third-order valence-electron chi connectivity index (χ3n) is 17.1. The minimum atomic E-state index is -4.95. The summed E-state index contributed by atoms with van der Waals surface area (Å²) in [6.07, 6.45) is 56.9. The predicted octanol–water partition coefficient (Wildman–Crippen LogP) is 21.4. The Morgan fingerprint density at radius 1 is 0.261 bits per heavy atom. The number of carbonyl (C=O) groups excluding carboxylic acids is 4. The average Bonchev–Trinajstić information content (AvgIpc) is 1.82. The Morgan fingerprint density at radius 3 is 0.641 bits per heavy atom. The lowest BCUT2D eigenvalue weighted by Gasteiger charge is -2.21. The lowest BCUT2D eigenvalue weighted by molar-refractivity contribution is -0.161. The summed E-state index contributed by atoms with van der Waals surface area (Å²) in [5.41, 5.74) is 0. The van der Waals surface area contributed by atoms with Crippen molar-refractivity contribution in [3.05, 3.63) is 0 Å². The monoisotopic (exact) mass is 1350 g/mol. The first-order valence-electron chi connectivity index (χ1n) is 38.3. The molecule has 0 rings (SSSR count). The van der Waals surface area contributed by atoms with Gasteiger partial charge in [0, 0.05) is 25.7 Å². The average molecular weight is 1350 g/mol. The lowest BCUT2D eigenvalue weighted by atomic mass is 10.0. The SMILES string of the molecule is CCCCCCCCCCCCCCCCCCCCCCC(=O)O[C@H](COC(=O)CCCCCCCCCCCCCC)COP(=O)(O)OC[C@@H](O)COP(=O)(O)OC[C@@H](COC(=O)CCCCCCCCCC)OC(=O)CCCCCCCCCCCCCC. The van der Waals surface area contributed by atoms with Gasteiger partial charge in [0.2, 0.25) is 0 Å². The van der Waals surface area contributed by atoms with E-state index in [4.69, 9.17) is 37.0 Å². The molecule has 546 valence electrons. The zero-order valence-electron chi connectivity index (χ0n) is 59.5. The summed E-state index contributed by atoms with van der Waals surface area (Å²) in [7, 11) is -9.90. The van der Waals surface area contributed by atoms with E-state index in [1.807, 2.05) is 0 Å². The van der Waals surface area contributed by atoms with Gasteiger partial charge in [0.1, 0.15) is 19.3 Å². The molecular formula is C73H142O17P2. The number of rotatable bonds is 74. The standard InChI is InChI=1S/C73H142O17P2/c1-5-9-13-17-21-25-28-31-32-33-34-35-36-37-38-41-44-48-52-56-60-73(78)90-69(64-84-71(76)58-54-50-46-42-39-29-26-22-18-14-10-6-2)66-88-92(81,82)86-62-67(74)61-85-91(79,80)87-65-68(63-83-70(75)57-53-49-45-24-20-16-12-8-4)89-72(77)59-55-51-47-43-40-30-27-23-19-15-11-7-3/h67-69,74H,5-66H2,1-4H3,(H,79,80)(H,81,82)/t67-,68+,69+/m0/s1. The van der Waals surface area contributed by atoms with Gasteiger partial charge in [-0.1, -0.05) is 336 Å². The van der Waals surface area contributed by atoms with E-state index in [9.17, 15) is 43.2 Å². The van der Waals surface area contributed by atoms with Crippen LogP contribution in [0.2, 0.25) is 0 Å². The minimum absolute atomic E-state index is 0.108. The molecule has 0 heterocycles. The van der Waals surface area contributed by atoms with Crippen molar-refractivity contribution in [2.24, 2.45) is 0 Å². The molecule has 3 N–H and O–H groups in total. The van der Waals surface area contributed by atoms with E-state index in [2.05, 4.69) is 27.7 Å². The van der Waals surface area contributed by atoms with Gasteiger partial charge in [0.15, 0.2) is 12.2 Å². The fraction of sp³-hybridized carbons (Fsp3) is 0.945. The maximum Gasteiger partial charge on any atom is 0.472 e. The van der Waals surface area contributed by atoms with Crippen LogP contribution in [0.3, 0.4) is 0 Å². The van der Waals surface area contributed by atoms with Crippen molar-refractivity contribution in [3.8, 4) is 0 Å². The maximum absolute atomic E-state index is 13.0. The van der Waals surface area contributed by atoms with Crippen LogP contribution in [0.5, 0.6) is 0 Å². The van der Waals surface area contributed by atoms with E-state index in [0.29, 0.717) is 25.7 Å². The smallest absolute Gasteiger partial charge is 0.462 e. The number of carbonyl (C=O) groups is 4. The Labute approximate surface area is 562 Å². The number of aliphatic hydroxyl groups is 1. The summed E-state index contributed by atoms with van der Waals surface area (Å²) in [5.74, 6) is -2.12. The van der Waals surface area contributed by atoms with Gasteiger partial charge in [-0.2, -0.15) is 0 Å². The van der Waals surface area contributed by atoms with E-state index in [0.717, 1.165) is 96.3 Å². The van der Waals surface area contributed by atoms with E-state index in [-0.39, 0.29) is 25.7 Å². The molecule has 0 aliphatic heterocycles. The van der Waals surface area contributed by atoms with E-state index < -0.39 is 97.5 Å². The molecule has 0 spiro atoms. The van der Waals surface area contributed by atoms with Gasteiger partial charge in [-0.3, -0.25) is 37.3 Å². The van der Waals surface area contributed by atoms with Gasteiger partial charge in [-0.15, -0.1) is 0 Å². The van der Waals surface area contributed by atoms with Crippen LogP contribution < -0.4 is 0 Å². The minimum Gasteiger partial charge on any atom is -0.462 e. The molecule has 0 aromatic heterocycles. The molecule has 5 atom stereocenters. The van der Waals surface area contributed by atoms with Crippen LogP contribution in [-0.4, -0.2) is 96.7 Å². The topological polar surface area (TPSA) is 237 Å². The Kier molecular flexibility index (Phi) is 66.2. The van der Waals surface area contributed by atoms with Gasteiger partial charge >= 0.3 is 39.5 Å². The van der Waals surface area contributed by atoms with Gasteiger partial charge in [0.25, 0.3) is 0 Å². The number of phosphoric ester groups is 2. The highest BCUT2D eigenvalue weighted by atomic mass is 31.2. The van der Waals surface area contributed by atoms with Gasteiger partial charge in [0.05, 0.1) is 26.4 Å². The zero-order chi connectivity index (χ0) is 67.5.